The zero-order valence-electron chi connectivity index (χ0n) is 15.3. The summed E-state index contributed by atoms with van der Waals surface area (Å²) in [4.78, 5) is 9.20. The largest absolute Gasteiger partial charge is 0.478 e. The molecule has 1 aliphatic carbocycles. The molecule has 0 fully saturated rings. The molecule has 2 heterocycles. The predicted molar refractivity (Wildman–Crippen MR) is 98.7 cm³/mol. The first kappa shape index (κ1) is 17.4. The van der Waals surface area contributed by atoms with E-state index in [0.29, 0.717) is 18.1 Å². The Morgan fingerprint density at radius 2 is 2.04 bits per heavy atom. The van der Waals surface area contributed by atoms with Gasteiger partial charge in [0, 0.05) is 23.5 Å². The van der Waals surface area contributed by atoms with E-state index in [0.717, 1.165) is 36.1 Å². The van der Waals surface area contributed by atoms with Crippen LogP contribution >= 0.6 is 0 Å². The fourth-order valence-electron chi connectivity index (χ4n) is 3.58. The Kier molecular flexibility index (Phi) is 5.33. The first-order chi connectivity index (χ1) is 12.2. The van der Waals surface area contributed by atoms with Crippen molar-refractivity contribution in [3.8, 4) is 23.1 Å². The Morgan fingerprint density at radius 1 is 1.24 bits per heavy atom. The van der Waals surface area contributed by atoms with Gasteiger partial charge in [-0.2, -0.15) is 5.26 Å². The molecular formula is C21H25N3O. The lowest BCUT2D eigenvalue weighted by Crippen LogP contribution is -2.09. The van der Waals surface area contributed by atoms with Crippen LogP contribution in [0.3, 0.4) is 0 Å². The summed E-state index contributed by atoms with van der Waals surface area (Å²) in [6.07, 6.45) is 7.28. The highest BCUT2D eigenvalue weighted by Gasteiger charge is 2.23. The molecule has 0 aromatic carbocycles. The third kappa shape index (κ3) is 3.51. The minimum Gasteiger partial charge on any atom is -0.478 e. The van der Waals surface area contributed by atoms with Crippen LogP contribution < -0.4 is 4.74 Å². The monoisotopic (exact) mass is 335 g/mol. The number of hydrogen-bond donors (Lipinski definition) is 0. The normalized spacial score (nSPS) is 13.9. The maximum absolute atomic E-state index is 9.92. The van der Waals surface area contributed by atoms with Crippen LogP contribution in [0.15, 0.2) is 18.3 Å². The molecule has 0 amide bonds. The molecule has 0 radical (unpaired) electrons. The van der Waals surface area contributed by atoms with Crippen molar-refractivity contribution in [2.45, 2.75) is 58.8 Å². The van der Waals surface area contributed by atoms with Gasteiger partial charge in [-0.1, -0.05) is 20.3 Å². The third-order valence-corrected chi connectivity index (χ3v) is 4.73. The number of hydrogen-bond acceptors (Lipinski definition) is 4. The molecule has 0 saturated carbocycles. The quantitative estimate of drug-likeness (QED) is 0.753. The van der Waals surface area contributed by atoms with Gasteiger partial charge < -0.3 is 4.74 Å². The van der Waals surface area contributed by atoms with E-state index in [4.69, 9.17) is 9.72 Å². The Labute approximate surface area is 149 Å². The average molecular weight is 335 g/mol. The van der Waals surface area contributed by atoms with E-state index in [2.05, 4.69) is 24.9 Å². The van der Waals surface area contributed by atoms with Gasteiger partial charge in [-0.05, 0) is 55.7 Å². The molecule has 0 aliphatic heterocycles. The molecule has 0 N–H and O–H groups in total. The Morgan fingerprint density at radius 3 is 2.76 bits per heavy atom. The van der Waals surface area contributed by atoms with Gasteiger partial charge >= 0.3 is 0 Å². The lowest BCUT2D eigenvalue weighted by atomic mass is 9.88. The van der Waals surface area contributed by atoms with E-state index >= 15 is 0 Å². The van der Waals surface area contributed by atoms with Gasteiger partial charge in [0.05, 0.1) is 17.9 Å². The highest BCUT2D eigenvalue weighted by atomic mass is 16.5. The van der Waals surface area contributed by atoms with Crippen LogP contribution in [-0.2, 0) is 12.8 Å². The maximum atomic E-state index is 9.92. The van der Waals surface area contributed by atoms with Gasteiger partial charge in [0.25, 0.3) is 0 Å². The molecule has 4 heteroatoms. The molecule has 130 valence electrons. The highest BCUT2D eigenvalue weighted by Crippen LogP contribution is 2.37. The van der Waals surface area contributed by atoms with Crippen molar-refractivity contribution in [1.29, 1.82) is 5.26 Å². The van der Waals surface area contributed by atoms with Crippen molar-refractivity contribution in [1.82, 2.24) is 9.97 Å². The molecule has 0 bridgehead atoms. The molecule has 4 nitrogen and oxygen atoms in total. The second kappa shape index (κ2) is 7.65. The summed E-state index contributed by atoms with van der Waals surface area (Å²) in [5.41, 5.74) is 6.09. The molecule has 25 heavy (non-hydrogen) atoms. The van der Waals surface area contributed by atoms with E-state index in [9.17, 15) is 5.26 Å². The number of pyridine rings is 2. The second-order valence-electron chi connectivity index (χ2n) is 6.82. The highest BCUT2D eigenvalue weighted by molar-refractivity contribution is 5.76. The number of aromatic nitrogens is 2. The Balaban J connectivity index is 2.28. The summed E-state index contributed by atoms with van der Waals surface area (Å²) in [6, 6.07) is 6.38. The lowest BCUT2D eigenvalue weighted by Gasteiger charge is -2.19. The van der Waals surface area contributed by atoms with Crippen LogP contribution in [0.1, 0.15) is 68.5 Å². The molecule has 1 aliphatic rings. The van der Waals surface area contributed by atoms with Gasteiger partial charge in [-0.3, -0.25) is 4.98 Å². The van der Waals surface area contributed by atoms with Crippen LogP contribution in [0.2, 0.25) is 0 Å². The standard InChI is InChI=1S/C21H25N3O/c1-4-25-19-12-15(10-11-23-19)20-16-8-6-5-7-9-18(16)24-21(14(2)3)17(20)13-22/h10-12,14H,4-9H2,1-3H3. The van der Waals surface area contributed by atoms with Crippen molar-refractivity contribution in [2.75, 3.05) is 6.61 Å². The minimum atomic E-state index is 0.218. The Bertz CT molecular complexity index is 806. The summed E-state index contributed by atoms with van der Waals surface area (Å²) in [7, 11) is 0. The van der Waals surface area contributed by atoms with Crippen molar-refractivity contribution < 1.29 is 4.74 Å². The van der Waals surface area contributed by atoms with Gasteiger partial charge in [-0.15, -0.1) is 0 Å². The molecular weight excluding hydrogens is 310 g/mol. The first-order valence-corrected chi connectivity index (χ1v) is 9.20. The van der Waals surface area contributed by atoms with Gasteiger partial charge in [0.2, 0.25) is 5.88 Å². The molecule has 0 unspecified atom stereocenters. The molecule has 3 rings (SSSR count). The average Bonchev–Trinajstić information content (AvgIpc) is 2.85. The van der Waals surface area contributed by atoms with Crippen LogP contribution in [0, 0.1) is 11.3 Å². The van der Waals surface area contributed by atoms with E-state index < -0.39 is 0 Å². The Hall–Kier alpha value is -2.41. The van der Waals surface area contributed by atoms with Crippen LogP contribution in [-0.4, -0.2) is 16.6 Å². The topological polar surface area (TPSA) is 58.8 Å². The first-order valence-electron chi connectivity index (χ1n) is 9.20. The molecule has 0 spiro atoms. The number of rotatable bonds is 4. The number of nitriles is 1. The summed E-state index contributed by atoms with van der Waals surface area (Å²) < 4.78 is 5.58. The van der Waals surface area contributed by atoms with Crippen molar-refractivity contribution >= 4 is 0 Å². The number of fused-ring (bicyclic) bond motifs is 1. The van der Waals surface area contributed by atoms with Crippen LogP contribution in [0.25, 0.3) is 11.1 Å². The summed E-state index contributed by atoms with van der Waals surface area (Å²) in [5.74, 6) is 0.823. The summed E-state index contributed by atoms with van der Waals surface area (Å²) in [6.45, 7) is 6.74. The zero-order valence-corrected chi connectivity index (χ0v) is 15.3. The molecule has 0 atom stereocenters. The van der Waals surface area contributed by atoms with E-state index in [1.165, 1.54) is 24.1 Å². The lowest BCUT2D eigenvalue weighted by molar-refractivity contribution is 0.327. The van der Waals surface area contributed by atoms with Crippen molar-refractivity contribution in [2.24, 2.45) is 0 Å². The summed E-state index contributed by atoms with van der Waals surface area (Å²) >= 11 is 0. The number of aryl methyl sites for hydroxylation is 1. The fourth-order valence-corrected chi connectivity index (χ4v) is 3.58. The SMILES string of the molecule is CCOc1cc(-c2c(C#N)c(C(C)C)nc3c2CCCCC3)ccn1. The van der Waals surface area contributed by atoms with Crippen LogP contribution in [0.5, 0.6) is 5.88 Å². The van der Waals surface area contributed by atoms with E-state index in [1.807, 2.05) is 19.1 Å². The third-order valence-electron chi connectivity index (χ3n) is 4.73. The van der Waals surface area contributed by atoms with Crippen molar-refractivity contribution in [3.63, 3.8) is 0 Å². The zero-order chi connectivity index (χ0) is 17.8. The van der Waals surface area contributed by atoms with E-state index in [1.54, 1.807) is 6.20 Å². The predicted octanol–water partition coefficient (Wildman–Crippen LogP) is 4.81. The molecule has 2 aromatic heterocycles. The smallest absolute Gasteiger partial charge is 0.213 e. The second-order valence-corrected chi connectivity index (χ2v) is 6.82. The maximum Gasteiger partial charge on any atom is 0.213 e. The van der Waals surface area contributed by atoms with Gasteiger partial charge in [-0.25, -0.2) is 4.98 Å². The summed E-state index contributed by atoms with van der Waals surface area (Å²) in [5, 5.41) is 9.92. The van der Waals surface area contributed by atoms with Crippen molar-refractivity contribution in [3.05, 3.63) is 40.8 Å². The number of ether oxygens (including phenoxy) is 1. The van der Waals surface area contributed by atoms with E-state index in [-0.39, 0.29) is 5.92 Å². The molecule has 0 saturated heterocycles. The minimum absolute atomic E-state index is 0.218. The molecule has 2 aromatic rings. The van der Waals surface area contributed by atoms with Gasteiger partial charge in [0.15, 0.2) is 0 Å². The van der Waals surface area contributed by atoms with Gasteiger partial charge in [0.1, 0.15) is 6.07 Å². The fraction of sp³-hybridized carbons (Fsp3) is 0.476. The van der Waals surface area contributed by atoms with Crippen LogP contribution in [0.4, 0.5) is 0 Å². The number of nitrogens with zero attached hydrogens (tertiary/aromatic N) is 3.